The fraction of sp³-hybridized carbons (Fsp3) is 1.00. The average Bonchev–Trinajstić information content (AvgIpc) is 2.34. The highest BCUT2D eigenvalue weighted by molar-refractivity contribution is 6.73. The third-order valence-corrected chi connectivity index (χ3v) is 9.33. The van der Waals surface area contributed by atoms with Gasteiger partial charge in [0.15, 0.2) is 8.32 Å². The summed E-state index contributed by atoms with van der Waals surface area (Å²) in [5.41, 5.74) is 0. The van der Waals surface area contributed by atoms with Crippen LogP contribution in [-0.2, 0) is 4.43 Å². The highest BCUT2D eigenvalue weighted by atomic mass is 28.4. The van der Waals surface area contributed by atoms with Gasteiger partial charge in [-0.15, -0.1) is 0 Å². The molecule has 0 aliphatic carbocycles. The van der Waals surface area contributed by atoms with Gasteiger partial charge in [0, 0.05) is 32.8 Å². The maximum atomic E-state index is 5.90. The molecule has 0 saturated carbocycles. The van der Waals surface area contributed by atoms with E-state index >= 15 is 0 Å². The maximum absolute atomic E-state index is 5.90. The second-order valence-corrected chi connectivity index (χ2v) is 16.9. The predicted molar refractivity (Wildman–Crippen MR) is 94.5 cm³/mol. The first-order valence-electron chi connectivity index (χ1n) is 8.36. The Kier molecular flexibility index (Phi) is 7.42. The van der Waals surface area contributed by atoms with Gasteiger partial charge in [-0.05, 0) is 39.0 Å². The van der Waals surface area contributed by atoms with E-state index in [1.165, 1.54) is 51.6 Å². The van der Waals surface area contributed by atoms with Crippen LogP contribution in [-0.4, -0.2) is 65.3 Å². The third kappa shape index (κ3) is 6.85. The molecular weight excluding hydrogens is 280 g/mol. The van der Waals surface area contributed by atoms with Crippen molar-refractivity contribution in [2.75, 3.05) is 39.3 Å². The van der Waals surface area contributed by atoms with Crippen molar-refractivity contribution in [3.63, 3.8) is 0 Å². The van der Waals surface area contributed by atoms with Crippen LogP contribution in [0, 0.1) is 0 Å². The fourth-order valence-electron chi connectivity index (χ4n) is 2.99. The molecule has 20 heavy (non-hydrogen) atoms. The van der Waals surface area contributed by atoms with Crippen molar-refractivity contribution >= 4 is 16.6 Å². The van der Waals surface area contributed by atoms with E-state index in [9.17, 15) is 0 Å². The SMILES string of the molecule is CCO[Si](C)(C)CCCCN1CCN([Si](C)(C)C)CC1. The number of hydrogen-bond donors (Lipinski definition) is 0. The van der Waals surface area contributed by atoms with Gasteiger partial charge in [0.05, 0.1) is 0 Å². The second kappa shape index (κ2) is 8.08. The summed E-state index contributed by atoms with van der Waals surface area (Å²) < 4.78 is 8.64. The lowest BCUT2D eigenvalue weighted by atomic mass is 10.3. The normalized spacial score (nSPS) is 19.5. The van der Waals surface area contributed by atoms with Crippen molar-refractivity contribution in [1.29, 1.82) is 0 Å². The van der Waals surface area contributed by atoms with Gasteiger partial charge in [0.25, 0.3) is 0 Å². The molecule has 5 heteroatoms. The van der Waals surface area contributed by atoms with Gasteiger partial charge in [0.1, 0.15) is 8.24 Å². The predicted octanol–water partition coefficient (Wildman–Crippen LogP) is 3.46. The maximum Gasteiger partial charge on any atom is 0.186 e. The van der Waals surface area contributed by atoms with Crippen LogP contribution in [0.15, 0.2) is 0 Å². The largest absolute Gasteiger partial charge is 0.418 e. The smallest absolute Gasteiger partial charge is 0.186 e. The Morgan fingerprint density at radius 3 is 2.00 bits per heavy atom. The molecule has 0 amide bonds. The van der Waals surface area contributed by atoms with Crippen molar-refractivity contribution in [3.8, 4) is 0 Å². The highest BCUT2D eigenvalue weighted by Gasteiger charge is 2.27. The van der Waals surface area contributed by atoms with Crippen LogP contribution < -0.4 is 0 Å². The molecule has 1 saturated heterocycles. The summed E-state index contributed by atoms with van der Waals surface area (Å²) in [5, 5.41) is 0. The molecule has 1 aliphatic heterocycles. The lowest BCUT2D eigenvalue weighted by molar-refractivity contribution is 0.181. The van der Waals surface area contributed by atoms with E-state index in [0.29, 0.717) is 0 Å². The van der Waals surface area contributed by atoms with Crippen LogP contribution in [0.4, 0.5) is 0 Å². The van der Waals surface area contributed by atoms with E-state index in [0.717, 1.165) is 6.61 Å². The molecule has 0 radical (unpaired) electrons. The Labute approximate surface area is 128 Å². The number of rotatable bonds is 8. The zero-order chi connectivity index (χ0) is 15.2. The van der Waals surface area contributed by atoms with E-state index in [1.807, 2.05) is 0 Å². The topological polar surface area (TPSA) is 15.7 Å². The molecule has 1 heterocycles. The molecule has 3 nitrogen and oxygen atoms in total. The van der Waals surface area contributed by atoms with Crippen LogP contribution in [0.25, 0.3) is 0 Å². The Morgan fingerprint density at radius 2 is 1.50 bits per heavy atom. The molecular formula is C15H36N2OSi2. The van der Waals surface area contributed by atoms with Crippen LogP contribution in [0.2, 0.25) is 38.8 Å². The van der Waals surface area contributed by atoms with E-state index < -0.39 is 16.6 Å². The molecule has 0 aromatic rings. The zero-order valence-corrected chi connectivity index (χ0v) is 16.7. The van der Waals surface area contributed by atoms with Crippen LogP contribution in [0.5, 0.6) is 0 Å². The second-order valence-electron chi connectivity index (χ2n) is 7.65. The molecule has 0 atom stereocenters. The molecule has 0 spiro atoms. The number of nitrogens with zero attached hydrogens (tertiary/aromatic N) is 2. The third-order valence-electron chi connectivity index (χ3n) is 4.36. The first kappa shape index (κ1) is 18.4. The number of hydrogen-bond acceptors (Lipinski definition) is 3. The molecule has 0 bridgehead atoms. The van der Waals surface area contributed by atoms with Gasteiger partial charge >= 0.3 is 0 Å². The summed E-state index contributed by atoms with van der Waals surface area (Å²) in [7, 11) is -2.41. The van der Waals surface area contributed by atoms with Crippen LogP contribution in [0.1, 0.15) is 19.8 Å². The van der Waals surface area contributed by atoms with Gasteiger partial charge in [-0.2, -0.15) is 0 Å². The number of piperazine rings is 1. The van der Waals surface area contributed by atoms with Gasteiger partial charge in [-0.25, -0.2) is 0 Å². The van der Waals surface area contributed by atoms with Gasteiger partial charge in [-0.1, -0.05) is 26.1 Å². The zero-order valence-electron chi connectivity index (χ0n) is 14.7. The summed E-state index contributed by atoms with van der Waals surface area (Å²) >= 11 is 0. The molecule has 120 valence electrons. The van der Waals surface area contributed by atoms with E-state index in [1.54, 1.807) is 0 Å². The molecule has 0 unspecified atom stereocenters. The van der Waals surface area contributed by atoms with Crippen molar-refractivity contribution < 1.29 is 4.43 Å². The van der Waals surface area contributed by atoms with Crippen molar-refractivity contribution in [1.82, 2.24) is 9.47 Å². The Hall–Kier alpha value is 0.314. The van der Waals surface area contributed by atoms with Crippen molar-refractivity contribution in [2.24, 2.45) is 0 Å². The minimum absolute atomic E-state index is 0.887. The van der Waals surface area contributed by atoms with Crippen LogP contribution >= 0.6 is 0 Å². The quantitative estimate of drug-likeness (QED) is 0.504. The van der Waals surface area contributed by atoms with Crippen molar-refractivity contribution in [3.05, 3.63) is 0 Å². The summed E-state index contributed by atoms with van der Waals surface area (Å²) in [4.78, 5) is 2.66. The van der Waals surface area contributed by atoms with E-state index in [4.69, 9.17) is 4.43 Å². The first-order chi connectivity index (χ1) is 9.24. The van der Waals surface area contributed by atoms with E-state index in [-0.39, 0.29) is 0 Å². The highest BCUT2D eigenvalue weighted by Crippen LogP contribution is 2.16. The minimum atomic E-state index is -1.35. The molecule has 0 aromatic carbocycles. The average molecular weight is 317 g/mol. The lowest BCUT2D eigenvalue weighted by Crippen LogP contribution is -2.56. The first-order valence-corrected chi connectivity index (χ1v) is 14.9. The fourth-order valence-corrected chi connectivity index (χ4v) is 6.56. The summed E-state index contributed by atoms with van der Waals surface area (Å²) in [6, 6.07) is 1.32. The summed E-state index contributed by atoms with van der Waals surface area (Å²) in [6.45, 7) is 21.5. The number of unbranched alkanes of at least 4 members (excludes halogenated alkanes) is 1. The van der Waals surface area contributed by atoms with Crippen LogP contribution in [0.3, 0.4) is 0 Å². The van der Waals surface area contributed by atoms with Gasteiger partial charge < -0.3 is 13.9 Å². The molecule has 1 rings (SSSR count). The summed E-state index contributed by atoms with van der Waals surface area (Å²) in [5.74, 6) is 0. The molecule has 1 fully saturated rings. The lowest BCUT2D eigenvalue weighted by Gasteiger charge is -2.41. The summed E-state index contributed by atoms with van der Waals surface area (Å²) in [6.07, 6.45) is 2.68. The van der Waals surface area contributed by atoms with Crippen molar-refractivity contribution in [2.45, 2.75) is 58.5 Å². The Bertz CT molecular complexity index is 272. The molecule has 0 aromatic heterocycles. The molecule has 1 aliphatic rings. The Morgan fingerprint density at radius 1 is 0.900 bits per heavy atom. The van der Waals surface area contributed by atoms with Gasteiger partial charge in [0.2, 0.25) is 0 Å². The minimum Gasteiger partial charge on any atom is -0.418 e. The monoisotopic (exact) mass is 316 g/mol. The standard InChI is InChI=1S/C15H36N2OSi2/c1-7-18-20(5,6)15-9-8-10-16-11-13-17(14-12-16)19(2,3)4/h7-15H2,1-6H3. The van der Waals surface area contributed by atoms with Gasteiger partial charge in [-0.3, -0.25) is 0 Å². The van der Waals surface area contributed by atoms with E-state index in [2.05, 4.69) is 49.1 Å². The Balaban J connectivity index is 2.13. The molecule has 0 N–H and O–H groups in total.